The van der Waals surface area contributed by atoms with Gasteiger partial charge in [0.1, 0.15) is 22.8 Å². The van der Waals surface area contributed by atoms with E-state index in [1.807, 2.05) is 26.8 Å². The van der Waals surface area contributed by atoms with E-state index in [-0.39, 0.29) is 23.9 Å². The van der Waals surface area contributed by atoms with Crippen molar-refractivity contribution in [3.63, 3.8) is 0 Å². The second kappa shape index (κ2) is 8.87. The molecule has 2 aromatic heterocycles. The van der Waals surface area contributed by atoms with Gasteiger partial charge in [0.15, 0.2) is 0 Å². The Morgan fingerprint density at radius 3 is 2.65 bits per heavy atom. The van der Waals surface area contributed by atoms with Crippen molar-refractivity contribution in [2.24, 2.45) is 0 Å². The molecule has 0 aliphatic carbocycles. The zero-order valence-corrected chi connectivity index (χ0v) is 20.7. The lowest BCUT2D eigenvalue weighted by atomic mass is 9.87. The summed E-state index contributed by atoms with van der Waals surface area (Å²) < 4.78 is 25.0. The van der Waals surface area contributed by atoms with Gasteiger partial charge >= 0.3 is 5.97 Å². The molecule has 0 fully saturated rings. The lowest BCUT2D eigenvalue weighted by Crippen LogP contribution is -2.49. The van der Waals surface area contributed by atoms with Gasteiger partial charge < -0.3 is 14.5 Å². The van der Waals surface area contributed by atoms with Crippen molar-refractivity contribution in [1.82, 2.24) is 14.9 Å². The molecule has 6 nitrogen and oxygen atoms in total. The topological polar surface area (TPSA) is 67.5 Å². The van der Waals surface area contributed by atoms with Crippen molar-refractivity contribution in [3.8, 4) is 16.9 Å². The van der Waals surface area contributed by atoms with E-state index in [0.717, 1.165) is 34.3 Å². The van der Waals surface area contributed by atoms with Crippen LogP contribution in [0.15, 0.2) is 42.6 Å². The van der Waals surface area contributed by atoms with Crippen LogP contribution in [0.2, 0.25) is 0 Å². The Morgan fingerprint density at radius 2 is 1.97 bits per heavy atom. The summed E-state index contributed by atoms with van der Waals surface area (Å²) in [7, 11) is 1.58. The SMILES string of the molecule is COc1ccc(F)cc1-c1ccnc2[nH]c(C3=CCN(CC(=O)OC(C)(C)C)C(C)(C)C3)cc12. The highest BCUT2D eigenvalue weighted by atomic mass is 19.1. The number of H-pyrrole nitrogens is 1. The first-order valence-electron chi connectivity index (χ1n) is 11.4. The van der Waals surface area contributed by atoms with Crippen molar-refractivity contribution >= 4 is 22.6 Å². The molecule has 0 bridgehead atoms. The summed E-state index contributed by atoms with van der Waals surface area (Å²) in [6, 6.07) is 8.45. The minimum Gasteiger partial charge on any atom is -0.496 e. The Bertz CT molecular complexity index is 1250. The van der Waals surface area contributed by atoms with Gasteiger partial charge in [-0.05, 0) is 82.5 Å². The highest BCUT2D eigenvalue weighted by molar-refractivity contribution is 5.96. The van der Waals surface area contributed by atoms with E-state index < -0.39 is 5.60 Å². The fraction of sp³-hybridized carbons (Fsp3) is 0.407. The Labute approximate surface area is 199 Å². The van der Waals surface area contributed by atoms with E-state index in [4.69, 9.17) is 9.47 Å². The first-order valence-corrected chi connectivity index (χ1v) is 11.4. The minimum atomic E-state index is -0.503. The maximum Gasteiger partial charge on any atom is 0.320 e. The van der Waals surface area contributed by atoms with Crippen molar-refractivity contribution in [3.05, 3.63) is 54.1 Å². The molecule has 3 aromatic rings. The Balaban J connectivity index is 1.64. The Kier molecular flexibility index (Phi) is 6.25. The van der Waals surface area contributed by atoms with Crippen molar-refractivity contribution in [1.29, 1.82) is 0 Å². The van der Waals surface area contributed by atoms with Crippen LogP contribution >= 0.6 is 0 Å². The molecule has 0 saturated heterocycles. The van der Waals surface area contributed by atoms with Gasteiger partial charge in [0, 0.05) is 34.9 Å². The third-order valence-corrected chi connectivity index (χ3v) is 6.11. The lowest BCUT2D eigenvalue weighted by molar-refractivity contribution is -0.157. The number of carbonyl (C=O) groups is 1. The van der Waals surface area contributed by atoms with E-state index in [0.29, 0.717) is 17.9 Å². The molecule has 0 radical (unpaired) electrons. The molecule has 180 valence electrons. The number of methoxy groups -OCH3 is 1. The summed E-state index contributed by atoms with van der Waals surface area (Å²) in [5.74, 6) is 0.0618. The zero-order chi connectivity index (χ0) is 24.7. The Hall–Kier alpha value is -3.19. The molecule has 34 heavy (non-hydrogen) atoms. The number of nitrogens with zero attached hydrogens (tertiary/aromatic N) is 2. The number of aromatic nitrogens is 2. The summed E-state index contributed by atoms with van der Waals surface area (Å²) in [5.41, 5.74) is 3.65. The number of ether oxygens (including phenoxy) is 2. The quantitative estimate of drug-likeness (QED) is 0.498. The predicted molar refractivity (Wildman–Crippen MR) is 132 cm³/mol. The number of hydrogen-bond acceptors (Lipinski definition) is 5. The van der Waals surface area contributed by atoms with E-state index in [1.165, 1.54) is 12.1 Å². The van der Waals surface area contributed by atoms with Crippen LogP contribution in [0.3, 0.4) is 0 Å². The maximum absolute atomic E-state index is 14.0. The summed E-state index contributed by atoms with van der Waals surface area (Å²) in [6.07, 6.45) is 4.61. The van der Waals surface area contributed by atoms with E-state index in [2.05, 4.69) is 40.9 Å². The number of rotatable bonds is 5. The second-order valence-electron chi connectivity index (χ2n) is 10.3. The lowest BCUT2D eigenvalue weighted by Gasteiger charge is -2.41. The smallest absolute Gasteiger partial charge is 0.320 e. The highest BCUT2D eigenvalue weighted by Crippen LogP contribution is 2.38. The number of hydrogen-bond donors (Lipinski definition) is 1. The van der Waals surface area contributed by atoms with Crippen LogP contribution in [0.1, 0.15) is 46.7 Å². The third-order valence-electron chi connectivity index (χ3n) is 6.11. The van der Waals surface area contributed by atoms with Crippen LogP contribution in [0.5, 0.6) is 5.75 Å². The summed E-state index contributed by atoms with van der Waals surface area (Å²) in [6.45, 7) is 10.8. The van der Waals surface area contributed by atoms with Gasteiger partial charge in [-0.1, -0.05) is 6.08 Å². The van der Waals surface area contributed by atoms with Crippen molar-refractivity contribution in [2.75, 3.05) is 20.2 Å². The number of fused-ring (bicyclic) bond motifs is 1. The van der Waals surface area contributed by atoms with Gasteiger partial charge in [-0.2, -0.15) is 0 Å². The fourth-order valence-electron chi connectivity index (χ4n) is 4.46. The predicted octanol–water partition coefficient (Wildman–Crippen LogP) is 5.59. The van der Waals surface area contributed by atoms with Gasteiger partial charge in [0.25, 0.3) is 0 Å². The highest BCUT2D eigenvalue weighted by Gasteiger charge is 2.34. The second-order valence-corrected chi connectivity index (χ2v) is 10.3. The van der Waals surface area contributed by atoms with E-state index in [1.54, 1.807) is 19.4 Å². The molecule has 4 rings (SSSR count). The van der Waals surface area contributed by atoms with Crippen LogP contribution in [-0.4, -0.2) is 52.2 Å². The van der Waals surface area contributed by atoms with E-state index in [9.17, 15) is 9.18 Å². The molecule has 0 atom stereocenters. The average molecular weight is 466 g/mol. The van der Waals surface area contributed by atoms with Crippen LogP contribution in [0, 0.1) is 5.82 Å². The zero-order valence-electron chi connectivity index (χ0n) is 20.7. The molecule has 7 heteroatoms. The molecular formula is C27H32FN3O3. The molecule has 1 aromatic carbocycles. The summed E-state index contributed by atoms with van der Waals surface area (Å²) in [4.78, 5) is 22.5. The van der Waals surface area contributed by atoms with Crippen LogP contribution < -0.4 is 4.74 Å². The number of aromatic amines is 1. The number of carbonyl (C=O) groups excluding carboxylic acids is 1. The number of halogens is 1. The first-order chi connectivity index (χ1) is 16.0. The molecule has 0 spiro atoms. The summed E-state index contributed by atoms with van der Waals surface area (Å²) >= 11 is 0. The van der Waals surface area contributed by atoms with Gasteiger partial charge in [-0.3, -0.25) is 9.69 Å². The maximum atomic E-state index is 14.0. The largest absolute Gasteiger partial charge is 0.496 e. The van der Waals surface area contributed by atoms with Crippen LogP contribution in [-0.2, 0) is 9.53 Å². The number of pyridine rings is 1. The van der Waals surface area contributed by atoms with Gasteiger partial charge in [0.05, 0.1) is 13.7 Å². The molecular weight excluding hydrogens is 433 g/mol. The Morgan fingerprint density at radius 1 is 1.21 bits per heavy atom. The normalized spacial score (nSPS) is 16.4. The van der Waals surface area contributed by atoms with E-state index >= 15 is 0 Å². The molecule has 0 saturated carbocycles. The molecule has 0 unspecified atom stereocenters. The summed E-state index contributed by atoms with van der Waals surface area (Å²) in [5, 5.41) is 0.899. The van der Waals surface area contributed by atoms with Crippen LogP contribution in [0.4, 0.5) is 4.39 Å². The molecule has 1 aliphatic heterocycles. The van der Waals surface area contributed by atoms with Crippen LogP contribution in [0.25, 0.3) is 27.7 Å². The molecule has 1 aliphatic rings. The standard InChI is InChI=1S/C27H32FN3O3/c1-26(2,3)34-24(32)16-31-12-10-17(15-27(31,4)5)22-14-21-19(9-11-29-25(21)30-22)20-13-18(28)7-8-23(20)33-6/h7-11,13-14H,12,15-16H2,1-6H3,(H,29,30). The van der Waals surface area contributed by atoms with Crippen molar-refractivity contribution < 1.29 is 18.7 Å². The van der Waals surface area contributed by atoms with Crippen molar-refractivity contribution in [2.45, 2.75) is 52.2 Å². The first kappa shape index (κ1) is 24.0. The molecule has 0 amide bonds. The van der Waals surface area contributed by atoms with Gasteiger partial charge in [0.2, 0.25) is 0 Å². The number of esters is 1. The monoisotopic (exact) mass is 465 g/mol. The number of nitrogens with one attached hydrogen (secondary N) is 1. The molecule has 1 N–H and O–H groups in total. The van der Waals surface area contributed by atoms with Gasteiger partial charge in [-0.25, -0.2) is 9.37 Å². The third kappa shape index (κ3) is 4.99. The fourth-order valence-corrected chi connectivity index (χ4v) is 4.46. The molecule has 3 heterocycles. The average Bonchev–Trinajstić information content (AvgIpc) is 3.18. The minimum absolute atomic E-state index is 0.221. The number of benzene rings is 1. The van der Waals surface area contributed by atoms with Gasteiger partial charge in [-0.15, -0.1) is 0 Å².